The molecule has 1 aliphatic rings. The number of amides is 1. The number of hydrogen-bond acceptors (Lipinski definition) is 5. The second-order valence-corrected chi connectivity index (χ2v) is 7.09. The molecule has 1 aromatic rings. The minimum Gasteiger partial charge on any atom is -0.364 e. The predicted octanol–water partition coefficient (Wildman–Crippen LogP) is 0.505. The van der Waals surface area contributed by atoms with E-state index in [1.54, 1.807) is 30.3 Å². The van der Waals surface area contributed by atoms with E-state index in [1.807, 2.05) is 0 Å². The number of nitrogens with two attached hydrogens (primary N) is 1. The Balaban J connectivity index is 0.00000242. The molecule has 0 bridgehead atoms. The van der Waals surface area contributed by atoms with Gasteiger partial charge in [0.15, 0.2) is 9.84 Å². The molecule has 1 aliphatic heterocycles. The molecule has 8 heteroatoms. The average Bonchev–Trinajstić information content (AvgIpc) is 2.97. The third kappa shape index (κ3) is 4.95. The van der Waals surface area contributed by atoms with Crippen LogP contribution in [0.5, 0.6) is 0 Å². The molecule has 0 spiro atoms. The molecule has 0 aromatic heterocycles. The number of benzene rings is 1. The number of hydrogen-bond donors (Lipinski definition) is 2. The number of carbonyl (C=O) groups is 1. The first kappa shape index (κ1) is 18.9. The van der Waals surface area contributed by atoms with E-state index in [1.165, 1.54) is 0 Å². The van der Waals surface area contributed by atoms with E-state index < -0.39 is 15.9 Å². The van der Waals surface area contributed by atoms with Crippen LogP contribution in [-0.2, 0) is 19.4 Å². The molecule has 1 heterocycles. The lowest BCUT2D eigenvalue weighted by atomic mass is 10.2. The Morgan fingerprint density at radius 3 is 2.55 bits per heavy atom. The monoisotopic (exact) mass is 348 g/mol. The summed E-state index contributed by atoms with van der Waals surface area (Å²) in [7, 11) is -3.37. The molecule has 1 saturated heterocycles. The van der Waals surface area contributed by atoms with E-state index in [0.29, 0.717) is 13.0 Å². The van der Waals surface area contributed by atoms with Crippen molar-refractivity contribution in [2.45, 2.75) is 29.9 Å². The Hall–Kier alpha value is -1.15. The molecule has 1 amide bonds. The molecule has 0 unspecified atom stereocenters. The van der Waals surface area contributed by atoms with Crippen molar-refractivity contribution in [1.82, 2.24) is 5.32 Å². The maximum absolute atomic E-state index is 12.0. The summed E-state index contributed by atoms with van der Waals surface area (Å²) in [6, 6.07) is 8.19. The Kier molecular flexibility index (Phi) is 7.28. The van der Waals surface area contributed by atoms with Crippen LogP contribution in [0.25, 0.3) is 0 Å². The van der Waals surface area contributed by atoms with Crippen molar-refractivity contribution in [3.8, 4) is 0 Å². The largest absolute Gasteiger partial charge is 0.364 e. The molecule has 6 nitrogen and oxygen atoms in total. The Morgan fingerprint density at radius 2 is 1.95 bits per heavy atom. The van der Waals surface area contributed by atoms with Crippen LogP contribution >= 0.6 is 12.4 Å². The summed E-state index contributed by atoms with van der Waals surface area (Å²) >= 11 is 0. The smallest absolute Gasteiger partial charge is 0.249 e. The lowest BCUT2D eigenvalue weighted by molar-refractivity contribution is -0.131. The van der Waals surface area contributed by atoms with Gasteiger partial charge in [-0.2, -0.15) is 0 Å². The van der Waals surface area contributed by atoms with Gasteiger partial charge in [-0.3, -0.25) is 4.79 Å². The SMILES string of the molecule is Cl.NC[C@H]1CC[C@@H](C(=O)NCCS(=O)(=O)c2ccccc2)O1. The molecule has 22 heavy (non-hydrogen) atoms. The van der Waals surface area contributed by atoms with Crippen molar-refractivity contribution in [1.29, 1.82) is 0 Å². The zero-order valence-electron chi connectivity index (χ0n) is 12.1. The second kappa shape index (κ2) is 8.47. The second-order valence-electron chi connectivity index (χ2n) is 4.98. The van der Waals surface area contributed by atoms with Crippen molar-refractivity contribution < 1.29 is 17.9 Å². The van der Waals surface area contributed by atoms with E-state index in [4.69, 9.17) is 10.5 Å². The minimum absolute atomic E-state index is 0. The first-order valence-corrected chi connectivity index (χ1v) is 8.59. The summed E-state index contributed by atoms with van der Waals surface area (Å²) in [5, 5.41) is 2.61. The summed E-state index contributed by atoms with van der Waals surface area (Å²) in [5.41, 5.74) is 5.48. The number of carbonyl (C=O) groups excluding carboxylic acids is 1. The van der Waals surface area contributed by atoms with Crippen LogP contribution in [0.3, 0.4) is 0 Å². The van der Waals surface area contributed by atoms with Gasteiger partial charge in [-0.05, 0) is 25.0 Å². The van der Waals surface area contributed by atoms with Gasteiger partial charge in [-0.1, -0.05) is 18.2 Å². The number of ether oxygens (including phenoxy) is 1. The molecule has 1 fully saturated rings. The fourth-order valence-electron chi connectivity index (χ4n) is 2.24. The molecule has 2 rings (SSSR count). The van der Waals surface area contributed by atoms with Crippen LogP contribution < -0.4 is 11.1 Å². The van der Waals surface area contributed by atoms with E-state index in [2.05, 4.69) is 5.32 Å². The van der Waals surface area contributed by atoms with Gasteiger partial charge < -0.3 is 15.8 Å². The van der Waals surface area contributed by atoms with Gasteiger partial charge in [0.25, 0.3) is 0 Å². The highest BCUT2D eigenvalue weighted by Crippen LogP contribution is 2.18. The molecule has 1 aromatic carbocycles. The number of halogens is 1. The highest BCUT2D eigenvalue weighted by atomic mass is 35.5. The third-order valence-corrected chi connectivity index (χ3v) is 5.17. The fraction of sp³-hybridized carbons (Fsp3) is 0.500. The highest BCUT2D eigenvalue weighted by molar-refractivity contribution is 7.91. The highest BCUT2D eigenvalue weighted by Gasteiger charge is 2.29. The summed E-state index contributed by atoms with van der Waals surface area (Å²) in [5.74, 6) is -0.398. The van der Waals surface area contributed by atoms with Gasteiger partial charge >= 0.3 is 0 Å². The predicted molar refractivity (Wildman–Crippen MR) is 85.7 cm³/mol. The van der Waals surface area contributed by atoms with Crippen LogP contribution in [0.4, 0.5) is 0 Å². The molecule has 0 aliphatic carbocycles. The van der Waals surface area contributed by atoms with Crippen molar-refractivity contribution in [2.75, 3.05) is 18.8 Å². The van der Waals surface area contributed by atoms with Crippen LogP contribution in [-0.4, -0.2) is 45.4 Å². The first-order chi connectivity index (χ1) is 10.0. The fourth-order valence-corrected chi connectivity index (χ4v) is 3.42. The molecular formula is C14H21ClN2O4S. The summed E-state index contributed by atoms with van der Waals surface area (Å²) < 4.78 is 29.5. The number of nitrogens with one attached hydrogen (secondary N) is 1. The molecule has 0 radical (unpaired) electrons. The lowest BCUT2D eigenvalue weighted by Gasteiger charge is -2.12. The van der Waals surface area contributed by atoms with Crippen molar-refractivity contribution in [2.24, 2.45) is 5.73 Å². The van der Waals surface area contributed by atoms with Crippen molar-refractivity contribution >= 4 is 28.2 Å². The van der Waals surface area contributed by atoms with E-state index >= 15 is 0 Å². The van der Waals surface area contributed by atoms with Crippen LogP contribution in [0.1, 0.15) is 12.8 Å². The molecule has 3 N–H and O–H groups in total. The van der Waals surface area contributed by atoms with E-state index in [9.17, 15) is 13.2 Å². The summed E-state index contributed by atoms with van der Waals surface area (Å²) in [6.07, 6.45) is 0.794. The van der Waals surface area contributed by atoms with Crippen LogP contribution in [0.2, 0.25) is 0 Å². The van der Waals surface area contributed by atoms with Gasteiger partial charge in [0, 0.05) is 13.1 Å². The van der Waals surface area contributed by atoms with Crippen molar-refractivity contribution in [3.05, 3.63) is 30.3 Å². The number of rotatable bonds is 6. The maximum Gasteiger partial charge on any atom is 0.249 e. The molecule has 0 saturated carbocycles. The Morgan fingerprint density at radius 1 is 1.27 bits per heavy atom. The zero-order chi connectivity index (χ0) is 15.3. The Bertz CT molecular complexity index is 580. The standard InChI is InChI=1S/C14H20N2O4S.ClH/c15-10-11-6-7-13(20-11)14(17)16-8-9-21(18,19)12-4-2-1-3-5-12;/h1-5,11,13H,6-10,15H2,(H,16,17);1H/t11-,13+;/m1./s1. The van der Waals surface area contributed by atoms with Gasteiger partial charge in [0.2, 0.25) is 5.91 Å². The van der Waals surface area contributed by atoms with Crippen LogP contribution in [0.15, 0.2) is 35.2 Å². The van der Waals surface area contributed by atoms with Crippen molar-refractivity contribution in [3.63, 3.8) is 0 Å². The lowest BCUT2D eigenvalue weighted by Crippen LogP contribution is -2.37. The normalized spacial score (nSPS) is 21.1. The first-order valence-electron chi connectivity index (χ1n) is 6.94. The van der Waals surface area contributed by atoms with Gasteiger partial charge in [-0.25, -0.2) is 8.42 Å². The average molecular weight is 349 g/mol. The zero-order valence-corrected chi connectivity index (χ0v) is 13.7. The summed E-state index contributed by atoms with van der Waals surface area (Å²) in [4.78, 5) is 12.1. The third-order valence-electron chi connectivity index (χ3n) is 3.44. The van der Waals surface area contributed by atoms with Crippen LogP contribution in [0, 0.1) is 0 Å². The van der Waals surface area contributed by atoms with E-state index in [-0.39, 0.29) is 41.6 Å². The maximum atomic E-state index is 12.0. The topological polar surface area (TPSA) is 98.5 Å². The number of sulfone groups is 1. The van der Waals surface area contributed by atoms with Gasteiger partial charge in [0.05, 0.1) is 16.8 Å². The molecular weight excluding hydrogens is 328 g/mol. The van der Waals surface area contributed by atoms with Gasteiger partial charge in [0.1, 0.15) is 6.10 Å². The molecule has 2 atom stereocenters. The quantitative estimate of drug-likeness (QED) is 0.780. The van der Waals surface area contributed by atoms with E-state index in [0.717, 1.165) is 6.42 Å². The minimum atomic E-state index is -3.37. The van der Waals surface area contributed by atoms with Gasteiger partial charge in [-0.15, -0.1) is 12.4 Å². The molecule has 124 valence electrons. The Labute approximate surface area is 136 Å². The summed E-state index contributed by atoms with van der Waals surface area (Å²) in [6.45, 7) is 0.468.